The molecule has 0 saturated heterocycles. The predicted octanol–water partition coefficient (Wildman–Crippen LogP) is 9.24. The Morgan fingerprint density at radius 1 is 0.635 bits per heavy atom. The Morgan fingerprint density at radius 3 is 1.79 bits per heavy atom. The van der Waals surface area contributed by atoms with Gasteiger partial charge >= 0.3 is 0 Å². The molecule has 0 aliphatic heterocycles. The summed E-state index contributed by atoms with van der Waals surface area (Å²) < 4.78 is 69.9. The summed E-state index contributed by atoms with van der Waals surface area (Å²) in [5.74, 6) is 1.11. The zero-order valence-corrected chi connectivity index (χ0v) is 32.6. The van der Waals surface area contributed by atoms with Crippen LogP contribution in [0.25, 0.3) is 0 Å². The maximum absolute atomic E-state index is 16.5. The van der Waals surface area contributed by atoms with Gasteiger partial charge in [0.15, 0.2) is 33.4 Å². The molecule has 0 radical (unpaired) electrons. The number of hydrogen-bond donors (Lipinski definition) is 0. The molecule has 0 N–H and O–H groups in total. The lowest BCUT2D eigenvalue weighted by molar-refractivity contribution is -0.110. The average Bonchev–Trinajstić information content (AvgIpc) is 3.13. The Labute approximate surface area is 308 Å². The topological polar surface area (TPSA) is 83.1 Å². The average molecular weight is 737 g/mol. The van der Waals surface area contributed by atoms with Crippen LogP contribution >= 0.6 is 0 Å². The molecule has 0 heterocycles. The van der Waals surface area contributed by atoms with Crippen LogP contribution in [0.3, 0.4) is 0 Å². The number of rotatable bonds is 21. The highest BCUT2D eigenvalue weighted by molar-refractivity contribution is 6.74. The number of methoxy groups -OCH3 is 3. The summed E-state index contributed by atoms with van der Waals surface area (Å²) in [4.78, 5) is 0. The van der Waals surface area contributed by atoms with E-state index in [0.29, 0.717) is 28.6 Å². The summed E-state index contributed by atoms with van der Waals surface area (Å²) in [6.07, 6.45) is -1.30. The zero-order valence-electron chi connectivity index (χ0n) is 31.6. The van der Waals surface area contributed by atoms with Gasteiger partial charge in [0, 0.05) is 45.4 Å². The van der Waals surface area contributed by atoms with Crippen molar-refractivity contribution in [3.05, 3.63) is 119 Å². The third-order valence-corrected chi connectivity index (χ3v) is 13.4. The van der Waals surface area contributed by atoms with E-state index in [1.54, 1.807) is 33.5 Å². The maximum atomic E-state index is 16.5. The quantitative estimate of drug-likeness (QED) is 0.0614. The van der Waals surface area contributed by atoms with Crippen LogP contribution in [0.15, 0.2) is 91.0 Å². The predicted molar refractivity (Wildman–Crippen MR) is 201 cm³/mol. The van der Waals surface area contributed by atoms with Gasteiger partial charge in [-0.25, -0.2) is 4.39 Å². The molecular formula is C41H53FO9Si. The van der Waals surface area contributed by atoms with E-state index in [4.69, 9.17) is 42.3 Å². The molecule has 11 heteroatoms. The molecule has 0 bridgehead atoms. The standard InChI is InChI=1S/C41H53FO9Si/c1-41(2,3)52(7,8)51-40(32-19-20-36(48-27-43-4)38(21-32)49-28-44-5)39(50-29-45-6)24-34-35(42)22-33(46-25-30-15-11-9-12-16-30)23-37(34)47-26-31-17-13-10-14-18-31/h9-23,39-40H,24-29H2,1-8H3/t39-,40-/m1/s1. The third kappa shape index (κ3) is 11.8. The van der Waals surface area contributed by atoms with Gasteiger partial charge in [-0.1, -0.05) is 87.5 Å². The summed E-state index contributed by atoms with van der Waals surface area (Å²) in [6, 6.07) is 28.1. The van der Waals surface area contributed by atoms with E-state index >= 15 is 4.39 Å². The van der Waals surface area contributed by atoms with Crippen LogP contribution in [-0.2, 0) is 43.0 Å². The van der Waals surface area contributed by atoms with Crippen LogP contribution in [0, 0.1) is 5.82 Å². The molecule has 0 spiro atoms. The highest BCUT2D eigenvalue weighted by atomic mass is 28.4. The minimum Gasteiger partial charge on any atom is -0.489 e. The second kappa shape index (κ2) is 19.7. The fraction of sp³-hybridized carbons (Fsp3) is 0.415. The summed E-state index contributed by atoms with van der Waals surface area (Å²) >= 11 is 0. The Morgan fingerprint density at radius 2 is 1.21 bits per heavy atom. The lowest BCUT2D eigenvalue weighted by Gasteiger charge is -2.41. The minimum absolute atomic E-state index is 0.00380. The van der Waals surface area contributed by atoms with E-state index in [-0.39, 0.29) is 45.1 Å². The molecule has 9 nitrogen and oxygen atoms in total. The van der Waals surface area contributed by atoms with Gasteiger partial charge in [-0.3, -0.25) is 0 Å². The van der Waals surface area contributed by atoms with Crippen LogP contribution in [0.5, 0.6) is 23.0 Å². The van der Waals surface area contributed by atoms with Gasteiger partial charge in [0.2, 0.25) is 0 Å². The van der Waals surface area contributed by atoms with E-state index < -0.39 is 26.3 Å². The van der Waals surface area contributed by atoms with E-state index in [1.807, 2.05) is 72.8 Å². The van der Waals surface area contributed by atoms with Gasteiger partial charge in [0.05, 0.1) is 12.2 Å². The van der Waals surface area contributed by atoms with Gasteiger partial charge in [-0.2, -0.15) is 0 Å². The largest absolute Gasteiger partial charge is 0.489 e. The van der Waals surface area contributed by atoms with Gasteiger partial charge in [-0.05, 0) is 47.0 Å². The van der Waals surface area contributed by atoms with E-state index in [0.717, 1.165) is 16.7 Å². The van der Waals surface area contributed by atoms with Crippen molar-refractivity contribution in [1.82, 2.24) is 0 Å². The van der Waals surface area contributed by atoms with E-state index in [1.165, 1.54) is 6.07 Å². The Kier molecular flexibility index (Phi) is 15.5. The number of hydrogen-bond acceptors (Lipinski definition) is 9. The number of halogens is 1. The van der Waals surface area contributed by atoms with Crippen molar-refractivity contribution < 1.29 is 46.7 Å². The number of benzene rings is 4. The fourth-order valence-electron chi connectivity index (χ4n) is 5.12. The van der Waals surface area contributed by atoms with Crippen LogP contribution in [0.1, 0.15) is 49.1 Å². The summed E-state index contributed by atoms with van der Waals surface area (Å²) in [6.45, 7) is 11.3. The monoisotopic (exact) mass is 736 g/mol. The lowest BCUT2D eigenvalue weighted by Crippen LogP contribution is -2.45. The first-order chi connectivity index (χ1) is 25.0. The third-order valence-electron chi connectivity index (χ3n) is 8.95. The van der Waals surface area contributed by atoms with Crippen molar-refractivity contribution in [3.63, 3.8) is 0 Å². The van der Waals surface area contributed by atoms with Gasteiger partial charge in [0.25, 0.3) is 0 Å². The zero-order chi connectivity index (χ0) is 37.6. The molecule has 0 aliphatic carbocycles. The van der Waals surface area contributed by atoms with Crippen LogP contribution < -0.4 is 18.9 Å². The molecule has 52 heavy (non-hydrogen) atoms. The summed E-state index contributed by atoms with van der Waals surface area (Å²) in [7, 11) is 2.17. The molecular weight excluding hydrogens is 684 g/mol. The Hall–Kier alpha value is -3.97. The van der Waals surface area contributed by atoms with Crippen molar-refractivity contribution in [2.75, 3.05) is 41.7 Å². The van der Waals surface area contributed by atoms with Crippen molar-refractivity contribution in [2.45, 2.75) is 70.7 Å². The molecule has 0 unspecified atom stereocenters. The van der Waals surface area contributed by atoms with Crippen LogP contribution in [0.2, 0.25) is 18.1 Å². The lowest BCUT2D eigenvalue weighted by atomic mass is 9.97. The van der Waals surface area contributed by atoms with Crippen LogP contribution in [0.4, 0.5) is 4.39 Å². The molecule has 0 fully saturated rings. The molecule has 0 aromatic heterocycles. The molecule has 4 rings (SSSR count). The maximum Gasteiger partial charge on any atom is 0.193 e. The molecule has 0 amide bonds. The highest BCUT2D eigenvalue weighted by Gasteiger charge is 2.42. The normalized spacial score (nSPS) is 13.0. The first-order valence-electron chi connectivity index (χ1n) is 17.3. The Balaban J connectivity index is 1.79. The van der Waals surface area contributed by atoms with Crippen molar-refractivity contribution >= 4 is 8.32 Å². The van der Waals surface area contributed by atoms with E-state index in [2.05, 4.69) is 33.9 Å². The van der Waals surface area contributed by atoms with Crippen molar-refractivity contribution in [1.29, 1.82) is 0 Å². The SMILES string of the molecule is COCOc1ccc([C@@H](O[Si](C)(C)C(C)(C)C)[C@@H](Cc2c(F)cc(OCc3ccccc3)cc2OCc2ccccc2)OCOC)cc1OCOC. The molecule has 4 aromatic rings. The molecule has 4 aromatic carbocycles. The summed E-state index contributed by atoms with van der Waals surface area (Å²) in [5, 5.41) is -0.152. The molecule has 0 saturated carbocycles. The molecule has 2 atom stereocenters. The Bertz CT molecular complexity index is 1650. The van der Waals surface area contributed by atoms with Crippen molar-refractivity contribution in [3.8, 4) is 23.0 Å². The fourth-order valence-corrected chi connectivity index (χ4v) is 6.39. The molecule has 0 aliphatic rings. The first kappa shape index (κ1) is 40.8. The van der Waals surface area contributed by atoms with E-state index in [9.17, 15) is 0 Å². The smallest absolute Gasteiger partial charge is 0.193 e. The molecule has 282 valence electrons. The number of ether oxygens (including phenoxy) is 8. The van der Waals surface area contributed by atoms with Gasteiger partial charge in [-0.15, -0.1) is 0 Å². The first-order valence-corrected chi connectivity index (χ1v) is 20.2. The van der Waals surface area contributed by atoms with Gasteiger partial charge < -0.3 is 42.3 Å². The highest BCUT2D eigenvalue weighted by Crippen LogP contribution is 2.44. The van der Waals surface area contributed by atoms with Crippen molar-refractivity contribution in [2.24, 2.45) is 0 Å². The second-order valence-electron chi connectivity index (χ2n) is 13.9. The summed E-state index contributed by atoms with van der Waals surface area (Å²) in [5.41, 5.74) is 2.97. The second-order valence-corrected chi connectivity index (χ2v) is 18.6. The van der Waals surface area contributed by atoms with Gasteiger partial charge in [0.1, 0.15) is 37.3 Å². The van der Waals surface area contributed by atoms with Crippen LogP contribution in [-0.4, -0.2) is 56.1 Å². The minimum atomic E-state index is -2.47.